The van der Waals surface area contributed by atoms with E-state index in [1.54, 1.807) is 0 Å². The Hall–Kier alpha value is -1.94. The van der Waals surface area contributed by atoms with Gasteiger partial charge in [0.2, 0.25) is 5.91 Å². The Morgan fingerprint density at radius 3 is 2.95 bits per heavy atom. The zero-order chi connectivity index (χ0) is 13.2. The minimum atomic E-state index is 0.0716. The second-order valence-electron chi connectivity index (χ2n) is 5.11. The molecule has 4 nitrogen and oxygen atoms in total. The highest BCUT2D eigenvalue weighted by Gasteiger charge is 2.20. The summed E-state index contributed by atoms with van der Waals surface area (Å²) >= 11 is 0. The van der Waals surface area contributed by atoms with Crippen LogP contribution in [0.2, 0.25) is 0 Å². The van der Waals surface area contributed by atoms with E-state index in [1.807, 2.05) is 37.3 Å². The van der Waals surface area contributed by atoms with Gasteiger partial charge >= 0.3 is 0 Å². The molecule has 1 aromatic carbocycles. The first kappa shape index (κ1) is 12.1. The summed E-state index contributed by atoms with van der Waals surface area (Å²) in [6.45, 7) is 3.85. The number of rotatable bonds is 3. The van der Waals surface area contributed by atoms with E-state index in [0.29, 0.717) is 12.3 Å². The molecular weight excluding hydrogens is 238 g/mol. The van der Waals surface area contributed by atoms with Gasteiger partial charge in [-0.3, -0.25) is 9.78 Å². The van der Waals surface area contributed by atoms with E-state index in [9.17, 15) is 4.79 Å². The van der Waals surface area contributed by atoms with Crippen LogP contribution in [0.5, 0.6) is 0 Å². The van der Waals surface area contributed by atoms with Crippen molar-refractivity contribution in [1.82, 2.24) is 10.3 Å². The zero-order valence-corrected chi connectivity index (χ0v) is 10.9. The molecule has 4 heteroatoms. The van der Waals surface area contributed by atoms with Gasteiger partial charge in [0.25, 0.3) is 0 Å². The number of nitrogens with one attached hydrogen (secondary N) is 2. The molecule has 3 rings (SSSR count). The molecule has 0 atom stereocenters. The van der Waals surface area contributed by atoms with Crippen molar-refractivity contribution < 1.29 is 4.79 Å². The molecule has 0 aliphatic carbocycles. The minimum Gasteiger partial charge on any atom is -0.324 e. The molecule has 19 heavy (non-hydrogen) atoms. The third-order valence-corrected chi connectivity index (χ3v) is 3.47. The average molecular weight is 255 g/mol. The van der Waals surface area contributed by atoms with E-state index in [1.165, 1.54) is 0 Å². The highest BCUT2D eigenvalue weighted by Crippen LogP contribution is 2.22. The quantitative estimate of drug-likeness (QED) is 0.883. The molecule has 0 bridgehead atoms. The smallest absolute Gasteiger partial charge is 0.224 e. The topological polar surface area (TPSA) is 54.0 Å². The van der Waals surface area contributed by atoms with Crippen LogP contribution in [-0.4, -0.2) is 24.0 Å². The van der Waals surface area contributed by atoms with E-state index in [0.717, 1.165) is 35.4 Å². The Kier molecular flexibility index (Phi) is 3.17. The summed E-state index contributed by atoms with van der Waals surface area (Å²) in [5, 5.41) is 7.21. The number of benzene rings is 1. The van der Waals surface area contributed by atoms with E-state index in [4.69, 9.17) is 0 Å². The predicted molar refractivity (Wildman–Crippen MR) is 76.1 cm³/mol. The van der Waals surface area contributed by atoms with Crippen molar-refractivity contribution >= 4 is 22.5 Å². The molecule has 1 aliphatic heterocycles. The van der Waals surface area contributed by atoms with Crippen LogP contribution in [0.1, 0.15) is 12.1 Å². The minimum absolute atomic E-state index is 0.0716. The fourth-order valence-corrected chi connectivity index (χ4v) is 2.30. The van der Waals surface area contributed by atoms with Gasteiger partial charge < -0.3 is 10.6 Å². The Morgan fingerprint density at radius 1 is 1.37 bits per heavy atom. The lowest BCUT2D eigenvalue weighted by Gasteiger charge is -2.26. The van der Waals surface area contributed by atoms with Gasteiger partial charge in [-0.2, -0.15) is 0 Å². The predicted octanol–water partition coefficient (Wildman–Crippen LogP) is 2.09. The van der Waals surface area contributed by atoms with Crippen molar-refractivity contribution in [3.8, 4) is 0 Å². The number of fused-ring (bicyclic) bond motifs is 1. The monoisotopic (exact) mass is 255 g/mol. The van der Waals surface area contributed by atoms with Crippen molar-refractivity contribution in [3.05, 3.63) is 36.0 Å². The molecule has 0 unspecified atom stereocenters. The molecule has 0 spiro atoms. The van der Waals surface area contributed by atoms with Crippen LogP contribution in [0.4, 0.5) is 5.69 Å². The maximum atomic E-state index is 12.0. The van der Waals surface area contributed by atoms with Crippen LogP contribution in [0, 0.1) is 12.8 Å². The van der Waals surface area contributed by atoms with Gasteiger partial charge in [0.15, 0.2) is 0 Å². The fourth-order valence-electron chi connectivity index (χ4n) is 2.30. The molecule has 1 aliphatic rings. The maximum absolute atomic E-state index is 12.0. The molecule has 1 aromatic heterocycles. The molecule has 0 saturated carbocycles. The van der Waals surface area contributed by atoms with Crippen LogP contribution < -0.4 is 10.6 Å². The molecular formula is C15H17N3O. The van der Waals surface area contributed by atoms with Crippen LogP contribution in [0.25, 0.3) is 10.9 Å². The van der Waals surface area contributed by atoms with Crippen molar-refractivity contribution in [1.29, 1.82) is 0 Å². The van der Waals surface area contributed by atoms with Crippen molar-refractivity contribution in [2.45, 2.75) is 13.3 Å². The molecule has 1 amide bonds. The Bertz CT molecular complexity index is 620. The van der Waals surface area contributed by atoms with Crippen molar-refractivity contribution in [2.24, 2.45) is 5.92 Å². The fraction of sp³-hybridized carbons (Fsp3) is 0.333. The normalized spacial score (nSPS) is 15.2. The summed E-state index contributed by atoms with van der Waals surface area (Å²) in [6, 6.07) is 9.87. The Morgan fingerprint density at radius 2 is 2.21 bits per heavy atom. The van der Waals surface area contributed by atoms with E-state index in [-0.39, 0.29) is 5.91 Å². The van der Waals surface area contributed by atoms with E-state index < -0.39 is 0 Å². The van der Waals surface area contributed by atoms with Gasteiger partial charge in [0.05, 0.1) is 11.2 Å². The maximum Gasteiger partial charge on any atom is 0.224 e. The molecule has 1 fully saturated rings. The van der Waals surface area contributed by atoms with Gasteiger partial charge in [-0.25, -0.2) is 0 Å². The summed E-state index contributed by atoms with van der Waals surface area (Å²) < 4.78 is 0. The number of carbonyl (C=O) groups is 1. The summed E-state index contributed by atoms with van der Waals surface area (Å²) in [4.78, 5) is 16.5. The largest absolute Gasteiger partial charge is 0.324 e. The standard InChI is InChI=1S/C15H17N3O/c1-10-5-6-12-3-2-4-13(15(12)17-10)18-14(19)7-11-8-16-9-11/h2-6,11,16H,7-9H2,1H3,(H,18,19). The molecule has 2 N–H and O–H groups in total. The first-order valence-electron chi connectivity index (χ1n) is 6.59. The molecule has 2 heterocycles. The van der Waals surface area contributed by atoms with Gasteiger partial charge in [-0.05, 0) is 38.1 Å². The number of anilines is 1. The number of carbonyl (C=O) groups excluding carboxylic acids is 1. The number of hydrogen-bond donors (Lipinski definition) is 2. The SMILES string of the molecule is Cc1ccc2cccc(NC(=O)CC3CNC3)c2n1. The summed E-state index contributed by atoms with van der Waals surface area (Å²) in [5.41, 5.74) is 2.62. The van der Waals surface area contributed by atoms with Gasteiger partial charge in [0, 0.05) is 17.5 Å². The third-order valence-electron chi connectivity index (χ3n) is 3.47. The van der Waals surface area contributed by atoms with Crippen LogP contribution >= 0.6 is 0 Å². The van der Waals surface area contributed by atoms with Crippen LogP contribution in [0.3, 0.4) is 0 Å². The Labute approximate surface area is 112 Å². The first-order valence-corrected chi connectivity index (χ1v) is 6.59. The summed E-state index contributed by atoms with van der Waals surface area (Å²) in [5.74, 6) is 0.548. The Balaban J connectivity index is 1.83. The number of aromatic nitrogens is 1. The summed E-state index contributed by atoms with van der Waals surface area (Å²) in [6.07, 6.45) is 0.579. The second kappa shape index (κ2) is 4.97. The number of hydrogen-bond acceptors (Lipinski definition) is 3. The lowest BCUT2D eigenvalue weighted by molar-refractivity contribution is -0.117. The van der Waals surface area contributed by atoms with Crippen molar-refractivity contribution in [3.63, 3.8) is 0 Å². The lowest BCUT2D eigenvalue weighted by atomic mass is 9.99. The zero-order valence-electron chi connectivity index (χ0n) is 10.9. The summed E-state index contributed by atoms with van der Waals surface area (Å²) in [7, 11) is 0. The molecule has 0 radical (unpaired) electrons. The number of amides is 1. The van der Waals surface area contributed by atoms with Gasteiger partial charge in [-0.1, -0.05) is 18.2 Å². The lowest BCUT2D eigenvalue weighted by Crippen LogP contribution is -2.43. The first-order chi connectivity index (χ1) is 9.22. The number of aryl methyl sites for hydroxylation is 1. The highest BCUT2D eigenvalue weighted by molar-refractivity contribution is 6.00. The van der Waals surface area contributed by atoms with E-state index in [2.05, 4.69) is 15.6 Å². The molecule has 98 valence electrons. The van der Waals surface area contributed by atoms with Crippen LogP contribution in [0.15, 0.2) is 30.3 Å². The van der Waals surface area contributed by atoms with Crippen molar-refractivity contribution in [2.75, 3.05) is 18.4 Å². The molecule has 1 saturated heterocycles. The second-order valence-corrected chi connectivity index (χ2v) is 5.11. The molecule has 2 aromatic rings. The number of para-hydroxylation sites is 1. The highest BCUT2D eigenvalue weighted by atomic mass is 16.1. The average Bonchev–Trinajstić information content (AvgIpc) is 2.35. The third kappa shape index (κ3) is 2.58. The van der Waals surface area contributed by atoms with Gasteiger partial charge in [-0.15, -0.1) is 0 Å². The van der Waals surface area contributed by atoms with Gasteiger partial charge in [0.1, 0.15) is 0 Å². The van der Waals surface area contributed by atoms with Crippen LogP contribution in [-0.2, 0) is 4.79 Å². The number of pyridine rings is 1. The number of nitrogens with zero attached hydrogens (tertiary/aromatic N) is 1. The van der Waals surface area contributed by atoms with E-state index >= 15 is 0 Å².